The van der Waals surface area contributed by atoms with Crippen molar-refractivity contribution in [3.63, 3.8) is 0 Å². The van der Waals surface area contributed by atoms with E-state index in [1.54, 1.807) is 0 Å². The molecule has 1 N–H and O–H groups in total. The van der Waals surface area contributed by atoms with Gasteiger partial charge in [0.25, 0.3) is 0 Å². The molecule has 0 atom stereocenters. The van der Waals surface area contributed by atoms with Gasteiger partial charge in [-0.3, -0.25) is 0 Å². The average molecular weight is 263 g/mol. The molecule has 0 spiro atoms. The van der Waals surface area contributed by atoms with E-state index in [0.29, 0.717) is 5.88 Å². The number of benzene rings is 1. The van der Waals surface area contributed by atoms with E-state index in [2.05, 4.69) is 46.4 Å². The Bertz CT molecular complexity index is 276. The topological polar surface area (TPSA) is 12.0 Å². The number of aryl methyl sites for hydroxylation is 1. The van der Waals surface area contributed by atoms with Gasteiger partial charge in [-0.2, -0.15) is 0 Å². The number of anilines is 1. The van der Waals surface area contributed by atoms with E-state index in [-0.39, 0.29) is 0 Å². The molecule has 0 heterocycles. The van der Waals surface area contributed by atoms with Crippen molar-refractivity contribution in [2.75, 3.05) is 17.7 Å². The Labute approximate surface area is 92.6 Å². The van der Waals surface area contributed by atoms with Gasteiger partial charge in [0.2, 0.25) is 0 Å². The predicted molar refractivity (Wildman–Crippen MR) is 62.7 cm³/mol. The molecule has 0 aliphatic heterocycles. The fourth-order valence-electron chi connectivity index (χ4n) is 1.00. The van der Waals surface area contributed by atoms with Gasteiger partial charge in [0.15, 0.2) is 0 Å². The second-order valence-corrected chi connectivity index (χ2v) is 4.17. The first-order valence-corrected chi connectivity index (χ1v) is 5.63. The summed E-state index contributed by atoms with van der Waals surface area (Å²) in [4.78, 5) is 0. The summed E-state index contributed by atoms with van der Waals surface area (Å²) in [6.07, 6.45) is 0.993. The fraction of sp³-hybridized carbons (Fsp3) is 0.400. The highest BCUT2D eigenvalue weighted by atomic mass is 79.9. The van der Waals surface area contributed by atoms with Gasteiger partial charge in [-0.15, -0.1) is 11.6 Å². The van der Waals surface area contributed by atoms with E-state index in [0.717, 1.165) is 23.1 Å². The number of halogens is 2. The summed E-state index contributed by atoms with van der Waals surface area (Å²) in [5.74, 6) is 0.708. The number of alkyl halides is 1. The molecule has 3 heteroatoms. The third-order valence-electron chi connectivity index (χ3n) is 1.81. The minimum Gasteiger partial charge on any atom is -0.385 e. The third kappa shape index (κ3) is 3.57. The van der Waals surface area contributed by atoms with Crippen molar-refractivity contribution in [3.05, 3.63) is 28.2 Å². The van der Waals surface area contributed by atoms with E-state index >= 15 is 0 Å². The summed E-state index contributed by atoms with van der Waals surface area (Å²) in [6.45, 7) is 3.01. The molecule has 0 saturated heterocycles. The van der Waals surface area contributed by atoms with Crippen molar-refractivity contribution < 1.29 is 0 Å². The van der Waals surface area contributed by atoms with Crippen LogP contribution in [-0.4, -0.2) is 12.4 Å². The van der Waals surface area contributed by atoms with E-state index in [1.165, 1.54) is 5.56 Å². The van der Waals surface area contributed by atoms with Crippen molar-refractivity contribution in [2.24, 2.45) is 0 Å². The Morgan fingerprint density at radius 2 is 2.23 bits per heavy atom. The van der Waals surface area contributed by atoms with Crippen molar-refractivity contribution in [2.45, 2.75) is 13.3 Å². The standard InChI is InChI=1S/C10H13BrClN/c1-8-3-4-9(7-10(8)11)13-6-2-5-12/h3-4,7,13H,2,5-6H2,1H3. The molecule has 0 amide bonds. The van der Waals surface area contributed by atoms with Crippen molar-refractivity contribution in [1.82, 2.24) is 0 Å². The molecule has 0 aromatic heterocycles. The molecule has 0 radical (unpaired) electrons. The Hall–Kier alpha value is -0.210. The van der Waals surface area contributed by atoms with Crippen molar-refractivity contribution in [3.8, 4) is 0 Å². The molecule has 0 bridgehead atoms. The van der Waals surface area contributed by atoms with Crippen LogP contribution in [0.25, 0.3) is 0 Å². The minimum atomic E-state index is 0.708. The summed E-state index contributed by atoms with van der Waals surface area (Å²) in [5.41, 5.74) is 2.39. The van der Waals surface area contributed by atoms with Crippen LogP contribution >= 0.6 is 27.5 Å². The maximum atomic E-state index is 5.57. The van der Waals surface area contributed by atoms with Crippen LogP contribution in [-0.2, 0) is 0 Å². The summed E-state index contributed by atoms with van der Waals surface area (Å²) in [6, 6.07) is 6.25. The largest absolute Gasteiger partial charge is 0.385 e. The SMILES string of the molecule is Cc1ccc(NCCCCl)cc1Br. The number of hydrogen-bond acceptors (Lipinski definition) is 1. The Morgan fingerprint density at radius 3 is 2.85 bits per heavy atom. The van der Waals surface area contributed by atoms with Crippen LogP contribution in [0, 0.1) is 6.92 Å². The molecule has 0 saturated carbocycles. The first-order chi connectivity index (χ1) is 6.24. The summed E-state index contributed by atoms with van der Waals surface area (Å²) < 4.78 is 1.14. The molecule has 1 aromatic carbocycles. The lowest BCUT2D eigenvalue weighted by Gasteiger charge is -2.06. The zero-order valence-electron chi connectivity index (χ0n) is 7.61. The Morgan fingerprint density at radius 1 is 1.46 bits per heavy atom. The van der Waals surface area contributed by atoms with E-state index < -0.39 is 0 Å². The molecule has 72 valence electrons. The van der Waals surface area contributed by atoms with Crippen LogP contribution < -0.4 is 5.32 Å². The molecular weight excluding hydrogens is 249 g/mol. The Kier molecular flexibility index (Phi) is 4.60. The van der Waals surface area contributed by atoms with Gasteiger partial charge in [-0.25, -0.2) is 0 Å². The maximum absolute atomic E-state index is 5.57. The van der Waals surface area contributed by atoms with Crippen LogP contribution in [0.4, 0.5) is 5.69 Å². The van der Waals surface area contributed by atoms with E-state index in [1.807, 2.05) is 0 Å². The molecule has 13 heavy (non-hydrogen) atoms. The normalized spacial score (nSPS) is 10.1. The quantitative estimate of drug-likeness (QED) is 0.643. The van der Waals surface area contributed by atoms with Crippen LogP contribution in [0.2, 0.25) is 0 Å². The monoisotopic (exact) mass is 261 g/mol. The van der Waals surface area contributed by atoms with Crippen LogP contribution in [0.1, 0.15) is 12.0 Å². The Balaban J connectivity index is 2.53. The van der Waals surface area contributed by atoms with E-state index in [4.69, 9.17) is 11.6 Å². The summed E-state index contributed by atoms with van der Waals surface area (Å²) in [7, 11) is 0. The first-order valence-electron chi connectivity index (χ1n) is 4.30. The smallest absolute Gasteiger partial charge is 0.0351 e. The highest BCUT2D eigenvalue weighted by Crippen LogP contribution is 2.20. The third-order valence-corrected chi connectivity index (χ3v) is 2.93. The van der Waals surface area contributed by atoms with Gasteiger partial charge in [0.05, 0.1) is 0 Å². The summed E-state index contributed by atoms with van der Waals surface area (Å²) >= 11 is 9.06. The van der Waals surface area contributed by atoms with Crippen molar-refractivity contribution >= 4 is 33.2 Å². The lowest BCUT2D eigenvalue weighted by Crippen LogP contribution is -2.01. The molecule has 1 nitrogen and oxygen atoms in total. The maximum Gasteiger partial charge on any atom is 0.0351 e. The fourth-order valence-corrected chi connectivity index (χ4v) is 1.51. The number of hydrogen-bond donors (Lipinski definition) is 1. The molecule has 0 fully saturated rings. The zero-order chi connectivity index (χ0) is 9.68. The highest BCUT2D eigenvalue weighted by Gasteiger charge is 1.95. The van der Waals surface area contributed by atoms with Gasteiger partial charge >= 0.3 is 0 Å². The van der Waals surface area contributed by atoms with Crippen LogP contribution in [0.5, 0.6) is 0 Å². The van der Waals surface area contributed by atoms with Gasteiger partial charge < -0.3 is 5.32 Å². The van der Waals surface area contributed by atoms with Gasteiger partial charge in [-0.05, 0) is 31.0 Å². The number of rotatable bonds is 4. The average Bonchev–Trinajstić information content (AvgIpc) is 2.12. The molecule has 0 aliphatic carbocycles. The van der Waals surface area contributed by atoms with Gasteiger partial charge in [0.1, 0.15) is 0 Å². The molecule has 1 aromatic rings. The lowest BCUT2D eigenvalue weighted by atomic mass is 10.2. The lowest BCUT2D eigenvalue weighted by molar-refractivity contribution is 0.987. The molecular formula is C10H13BrClN. The van der Waals surface area contributed by atoms with Gasteiger partial charge in [0, 0.05) is 22.6 Å². The zero-order valence-corrected chi connectivity index (χ0v) is 9.95. The number of nitrogens with one attached hydrogen (secondary N) is 1. The molecule has 1 rings (SSSR count). The van der Waals surface area contributed by atoms with E-state index in [9.17, 15) is 0 Å². The minimum absolute atomic E-state index is 0.708. The molecule has 0 aliphatic rings. The molecule has 0 unspecified atom stereocenters. The van der Waals surface area contributed by atoms with Crippen LogP contribution in [0.3, 0.4) is 0 Å². The second kappa shape index (κ2) is 5.51. The summed E-state index contributed by atoms with van der Waals surface area (Å²) in [5, 5.41) is 3.30. The van der Waals surface area contributed by atoms with Gasteiger partial charge in [-0.1, -0.05) is 22.0 Å². The highest BCUT2D eigenvalue weighted by molar-refractivity contribution is 9.10. The first kappa shape index (κ1) is 10.9. The second-order valence-electron chi connectivity index (χ2n) is 2.93. The predicted octanol–water partition coefficient (Wildman–Crippen LogP) is 3.80. The van der Waals surface area contributed by atoms with Crippen molar-refractivity contribution in [1.29, 1.82) is 0 Å². The van der Waals surface area contributed by atoms with Crippen LogP contribution in [0.15, 0.2) is 22.7 Å².